The van der Waals surface area contributed by atoms with E-state index in [1.807, 2.05) is 0 Å². The van der Waals surface area contributed by atoms with E-state index in [0.29, 0.717) is 17.8 Å². The summed E-state index contributed by atoms with van der Waals surface area (Å²) in [7, 11) is -2.96. The minimum Gasteiger partial charge on any atom is -0.466 e. The van der Waals surface area contributed by atoms with E-state index in [0.717, 1.165) is 29.5 Å². The van der Waals surface area contributed by atoms with Gasteiger partial charge in [-0.2, -0.15) is 0 Å². The number of ether oxygens (including phenoxy) is 1. The van der Waals surface area contributed by atoms with E-state index in [-0.39, 0.29) is 18.1 Å². The quantitative estimate of drug-likeness (QED) is 0.353. The van der Waals surface area contributed by atoms with Gasteiger partial charge in [0.2, 0.25) is 0 Å². The van der Waals surface area contributed by atoms with Gasteiger partial charge in [-0.15, -0.1) is 0 Å². The summed E-state index contributed by atoms with van der Waals surface area (Å²) in [5.74, 6) is 2.21. The zero-order chi connectivity index (χ0) is 21.9. The molecule has 0 radical (unpaired) electrons. The van der Waals surface area contributed by atoms with Crippen LogP contribution in [0.15, 0.2) is 12.1 Å². The smallest absolute Gasteiger partial charge is 0.466 e. The van der Waals surface area contributed by atoms with Crippen LogP contribution in [0.5, 0.6) is 5.75 Å². The molecule has 0 aliphatic heterocycles. The molecule has 0 aliphatic rings. The van der Waals surface area contributed by atoms with Crippen molar-refractivity contribution in [3.63, 3.8) is 0 Å². The molecule has 1 aromatic carbocycles. The van der Waals surface area contributed by atoms with Gasteiger partial charge in [0.25, 0.3) is 0 Å². The van der Waals surface area contributed by atoms with E-state index >= 15 is 0 Å². The van der Waals surface area contributed by atoms with Crippen LogP contribution < -0.4 is 4.74 Å². The molecule has 0 aromatic heterocycles. The van der Waals surface area contributed by atoms with Gasteiger partial charge in [-0.25, -0.2) is 9.09 Å². The van der Waals surface area contributed by atoms with E-state index in [9.17, 15) is 9.46 Å². The van der Waals surface area contributed by atoms with Crippen LogP contribution in [0.2, 0.25) is 0 Å². The third-order valence-electron chi connectivity index (χ3n) is 6.47. The lowest BCUT2D eigenvalue weighted by Gasteiger charge is -2.41. The highest BCUT2D eigenvalue weighted by Gasteiger charge is 2.39. The molecule has 0 saturated carbocycles. The highest BCUT2D eigenvalue weighted by Crippen LogP contribution is 2.49. The highest BCUT2D eigenvalue weighted by molar-refractivity contribution is 7.47. The average Bonchev–Trinajstić information content (AvgIpc) is 2.60. The SMILES string of the molecule is COP(=O)(O)OCOc1c(C(C)C(C)C)ccc(C)c1C(C)(C(C)C)C(C)C. The maximum Gasteiger partial charge on any atom is 0.474 e. The number of rotatable bonds is 10. The molecule has 162 valence electrons. The summed E-state index contributed by atoms with van der Waals surface area (Å²) in [4.78, 5) is 9.56. The predicted molar refractivity (Wildman–Crippen MR) is 115 cm³/mol. The summed E-state index contributed by atoms with van der Waals surface area (Å²) in [6.45, 7) is 19.5. The van der Waals surface area contributed by atoms with Crippen LogP contribution in [0.4, 0.5) is 0 Å². The molecule has 2 atom stereocenters. The van der Waals surface area contributed by atoms with E-state index in [2.05, 4.69) is 79.0 Å². The molecule has 0 bridgehead atoms. The van der Waals surface area contributed by atoms with Crippen LogP contribution in [0.25, 0.3) is 0 Å². The molecule has 1 rings (SSSR count). The number of benzene rings is 1. The largest absolute Gasteiger partial charge is 0.474 e. The van der Waals surface area contributed by atoms with Gasteiger partial charge in [-0.3, -0.25) is 4.52 Å². The van der Waals surface area contributed by atoms with Gasteiger partial charge in [0, 0.05) is 18.1 Å². The second-order valence-corrected chi connectivity index (χ2v) is 10.4. The lowest BCUT2D eigenvalue weighted by molar-refractivity contribution is 0.0709. The van der Waals surface area contributed by atoms with Crippen LogP contribution in [-0.2, 0) is 19.0 Å². The Bertz CT molecular complexity index is 688. The molecule has 0 saturated heterocycles. The Morgan fingerprint density at radius 3 is 2.04 bits per heavy atom. The lowest BCUT2D eigenvalue weighted by Crippen LogP contribution is -2.36. The van der Waals surface area contributed by atoms with Crippen molar-refractivity contribution in [2.75, 3.05) is 13.9 Å². The fraction of sp³-hybridized carbons (Fsp3) is 0.727. The number of phosphoric ester groups is 1. The third kappa shape index (κ3) is 5.38. The van der Waals surface area contributed by atoms with Crippen molar-refractivity contribution < 1.29 is 23.2 Å². The zero-order valence-corrected chi connectivity index (χ0v) is 20.1. The molecular formula is C22H39O5P. The first-order valence-electron chi connectivity index (χ1n) is 10.1. The molecule has 5 nitrogen and oxygen atoms in total. The van der Waals surface area contributed by atoms with E-state index < -0.39 is 7.82 Å². The summed E-state index contributed by atoms with van der Waals surface area (Å²) in [6.07, 6.45) is 0. The fourth-order valence-electron chi connectivity index (χ4n) is 3.69. The molecule has 0 spiro atoms. The molecule has 1 aromatic rings. The van der Waals surface area contributed by atoms with Gasteiger partial charge < -0.3 is 9.63 Å². The standard InChI is InChI=1S/C22H39O5P/c1-14(2)18(8)19-12-11-17(7)20(22(9,15(3)4)16(5)6)21(19)26-13-27-28(23,24)25-10/h11-12,14-16,18H,13H2,1-10H3,(H,23,24). The van der Waals surface area contributed by atoms with Crippen molar-refractivity contribution in [3.8, 4) is 5.75 Å². The minimum atomic E-state index is -4.10. The topological polar surface area (TPSA) is 65.0 Å². The van der Waals surface area contributed by atoms with Gasteiger partial charge in [-0.05, 0) is 41.7 Å². The Morgan fingerprint density at radius 1 is 1.07 bits per heavy atom. The van der Waals surface area contributed by atoms with E-state index in [1.165, 1.54) is 0 Å². The normalized spacial score (nSPS) is 15.9. The first-order valence-corrected chi connectivity index (χ1v) is 11.6. The molecule has 6 heteroatoms. The Balaban J connectivity index is 3.60. The van der Waals surface area contributed by atoms with Crippen molar-refractivity contribution in [1.82, 2.24) is 0 Å². The molecule has 28 heavy (non-hydrogen) atoms. The van der Waals surface area contributed by atoms with E-state index in [1.54, 1.807) is 0 Å². The summed E-state index contributed by atoms with van der Waals surface area (Å²) in [5.41, 5.74) is 3.27. The van der Waals surface area contributed by atoms with Crippen molar-refractivity contribution in [2.45, 2.75) is 73.6 Å². The average molecular weight is 415 g/mol. The third-order valence-corrected chi connectivity index (χ3v) is 7.37. The summed E-state index contributed by atoms with van der Waals surface area (Å²) in [6, 6.07) is 4.27. The molecular weight excluding hydrogens is 375 g/mol. The molecule has 0 amide bonds. The Morgan fingerprint density at radius 2 is 1.61 bits per heavy atom. The van der Waals surface area contributed by atoms with Crippen molar-refractivity contribution >= 4 is 7.82 Å². The Kier molecular flexibility index (Phi) is 8.77. The monoisotopic (exact) mass is 414 g/mol. The van der Waals surface area contributed by atoms with Crippen LogP contribution >= 0.6 is 7.82 Å². The molecule has 0 heterocycles. The second-order valence-electron chi connectivity index (χ2n) is 8.84. The summed E-state index contributed by atoms with van der Waals surface area (Å²) >= 11 is 0. The maximum atomic E-state index is 11.7. The van der Waals surface area contributed by atoms with Crippen LogP contribution in [0.1, 0.15) is 78.0 Å². The molecule has 0 fully saturated rings. The second kappa shape index (κ2) is 9.75. The molecule has 2 unspecified atom stereocenters. The van der Waals surface area contributed by atoms with Crippen LogP contribution in [0.3, 0.4) is 0 Å². The van der Waals surface area contributed by atoms with Crippen molar-refractivity contribution in [2.24, 2.45) is 17.8 Å². The van der Waals surface area contributed by atoms with Gasteiger partial charge in [0.15, 0.2) is 6.79 Å². The maximum absolute atomic E-state index is 11.7. The number of phosphoric acid groups is 1. The van der Waals surface area contributed by atoms with Gasteiger partial charge >= 0.3 is 7.82 Å². The first kappa shape index (κ1) is 25.2. The number of aryl methyl sites for hydroxylation is 1. The first-order chi connectivity index (χ1) is 12.8. The predicted octanol–water partition coefficient (Wildman–Crippen LogP) is 6.42. The van der Waals surface area contributed by atoms with Crippen molar-refractivity contribution in [3.05, 3.63) is 28.8 Å². The number of hydrogen-bond acceptors (Lipinski definition) is 4. The van der Waals surface area contributed by atoms with Gasteiger partial charge in [0.05, 0.1) is 0 Å². The molecule has 1 N–H and O–H groups in total. The molecule has 0 aliphatic carbocycles. The Labute approximate surface area is 171 Å². The fourth-order valence-corrected chi connectivity index (χ4v) is 3.98. The summed E-state index contributed by atoms with van der Waals surface area (Å²) in [5, 5.41) is 0. The lowest BCUT2D eigenvalue weighted by atomic mass is 9.64. The Hall–Kier alpha value is -0.870. The zero-order valence-electron chi connectivity index (χ0n) is 19.2. The van der Waals surface area contributed by atoms with Crippen LogP contribution in [-0.4, -0.2) is 18.8 Å². The highest BCUT2D eigenvalue weighted by atomic mass is 31.2. The minimum absolute atomic E-state index is 0.129. The number of hydrogen-bond donors (Lipinski definition) is 1. The van der Waals surface area contributed by atoms with Gasteiger partial charge in [-0.1, -0.05) is 67.5 Å². The van der Waals surface area contributed by atoms with Crippen molar-refractivity contribution in [1.29, 1.82) is 0 Å². The van der Waals surface area contributed by atoms with Crippen LogP contribution in [0, 0.1) is 24.7 Å². The van der Waals surface area contributed by atoms with Gasteiger partial charge in [0.1, 0.15) is 5.75 Å². The summed E-state index contributed by atoms with van der Waals surface area (Å²) < 4.78 is 27.2. The van der Waals surface area contributed by atoms with E-state index in [4.69, 9.17) is 9.26 Å².